The number of nitrogens with one attached hydrogen (secondary N) is 1. The summed E-state index contributed by atoms with van der Waals surface area (Å²) in [6.07, 6.45) is 4.45. The van der Waals surface area contributed by atoms with Crippen molar-refractivity contribution in [3.63, 3.8) is 0 Å². The maximum absolute atomic E-state index is 13.0. The Bertz CT molecular complexity index is 854. The van der Waals surface area contributed by atoms with Gasteiger partial charge in [-0.2, -0.15) is 0 Å². The first kappa shape index (κ1) is 17.8. The molecule has 0 aromatic heterocycles. The molecule has 1 aliphatic carbocycles. The molecule has 3 aliphatic heterocycles. The Morgan fingerprint density at radius 1 is 1.14 bits per heavy atom. The Morgan fingerprint density at radius 3 is 2.79 bits per heavy atom. The molecule has 2 saturated heterocycles. The van der Waals surface area contributed by atoms with Crippen molar-refractivity contribution < 1.29 is 14.4 Å². The number of piperidine rings is 2. The lowest BCUT2D eigenvalue weighted by Crippen LogP contribution is -2.52. The average molecular weight is 382 g/mol. The number of carbonyl (C=O) groups excluding carboxylic acids is 3. The van der Waals surface area contributed by atoms with Crippen LogP contribution in [0.25, 0.3) is 0 Å². The van der Waals surface area contributed by atoms with Crippen molar-refractivity contribution in [2.24, 2.45) is 11.7 Å². The zero-order chi connectivity index (χ0) is 19.4. The van der Waals surface area contributed by atoms with Crippen LogP contribution in [0.3, 0.4) is 0 Å². The van der Waals surface area contributed by atoms with Gasteiger partial charge in [0.25, 0.3) is 5.91 Å². The van der Waals surface area contributed by atoms with Crippen LogP contribution in [0.1, 0.15) is 53.6 Å². The largest absolute Gasteiger partial charge is 0.329 e. The molecule has 1 saturated carbocycles. The summed E-state index contributed by atoms with van der Waals surface area (Å²) in [6.45, 7) is 1.94. The van der Waals surface area contributed by atoms with Crippen molar-refractivity contribution in [2.75, 3.05) is 6.54 Å². The van der Waals surface area contributed by atoms with Crippen molar-refractivity contribution in [1.82, 2.24) is 15.1 Å². The third kappa shape index (κ3) is 2.76. The quantitative estimate of drug-likeness (QED) is 0.750. The minimum atomic E-state index is -0.558. The molecule has 7 nitrogen and oxygen atoms in total. The third-order valence-electron chi connectivity index (χ3n) is 7.08. The lowest BCUT2D eigenvalue weighted by atomic mass is 9.98. The minimum absolute atomic E-state index is 0.107. The number of likely N-dealkylation sites (tertiary alicyclic amines) is 1. The molecule has 28 heavy (non-hydrogen) atoms. The molecule has 1 aromatic carbocycles. The highest BCUT2D eigenvalue weighted by atomic mass is 16.2. The van der Waals surface area contributed by atoms with E-state index in [2.05, 4.69) is 16.3 Å². The number of rotatable bonds is 4. The van der Waals surface area contributed by atoms with E-state index in [1.807, 2.05) is 12.1 Å². The first-order chi connectivity index (χ1) is 13.5. The predicted octanol–water partition coefficient (Wildman–Crippen LogP) is 0.759. The second-order valence-corrected chi connectivity index (χ2v) is 8.59. The van der Waals surface area contributed by atoms with Gasteiger partial charge in [0.2, 0.25) is 11.8 Å². The number of nitrogens with zero attached hydrogens (tertiary/aromatic N) is 2. The maximum atomic E-state index is 13.0. The van der Waals surface area contributed by atoms with E-state index in [4.69, 9.17) is 5.73 Å². The molecule has 2 bridgehead atoms. The molecule has 0 radical (unpaired) electrons. The summed E-state index contributed by atoms with van der Waals surface area (Å²) in [4.78, 5) is 40.7. The molecule has 3 heterocycles. The topological polar surface area (TPSA) is 95.7 Å². The van der Waals surface area contributed by atoms with Gasteiger partial charge in [-0.15, -0.1) is 0 Å². The van der Waals surface area contributed by atoms with Crippen LogP contribution in [0, 0.1) is 5.92 Å². The van der Waals surface area contributed by atoms with Crippen molar-refractivity contribution in [3.05, 3.63) is 34.9 Å². The van der Waals surface area contributed by atoms with Crippen LogP contribution in [0.2, 0.25) is 0 Å². The number of hydrogen-bond acceptors (Lipinski definition) is 5. The number of amides is 3. The summed E-state index contributed by atoms with van der Waals surface area (Å²) in [5.41, 5.74) is 8.81. The van der Waals surface area contributed by atoms with Gasteiger partial charge in [0, 0.05) is 43.7 Å². The molecule has 1 unspecified atom stereocenters. The lowest BCUT2D eigenvalue weighted by Gasteiger charge is -2.34. The molecule has 5 rings (SSSR count). The van der Waals surface area contributed by atoms with Crippen LogP contribution in [-0.4, -0.2) is 52.2 Å². The van der Waals surface area contributed by atoms with Crippen molar-refractivity contribution in [3.8, 4) is 0 Å². The molecule has 1 aromatic rings. The zero-order valence-corrected chi connectivity index (χ0v) is 15.9. The molecule has 4 aliphatic rings. The third-order valence-corrected chi connectivity index (χ3v) is 7.08. The summed E-state index contributed by atoms with van der Waals surface area (Å²) < 4.78 is 0. The Hall–Kier alpha value is -2.25. The Kier molecular flexibility index (Phi) is 4.25. The molecule has 3 N–H and O–H groups in total. The fraction of sp³-hybridized carbons (Fsp3) is 0.571. The van der Waals surface area contributed by atoms with Crippen LogP contribution in [-0.2, 0) is 22.7 Å². The van der Waals surface area contributed by atoms with E-state index in [-0.39, 0.29) is 24.1 Å². The fourth-order valence-corrected chi connectivity index (χ4v) is 5.67. The second-order valence-electron chi connectivity index (χ2n) is 8.59. The van der Waals surface area contributed by atoms with Gasteiger partial charge in [0.15, 0.2) is 0 Å². The molecular weight excluding hydrogens is 356 g/mol. The van der Waals surface area contributed by atoms with E-state index in [1.165, 1.54) is 19.3 Å². The van der Waals surface area contributed by atoms with Crippen LogP contribution in [0.4, 0.5) is 0 Å². The number of nitrogens with two attached hydrogens (primary N) is 1. The van der Waals surface area contributed by atoms with E-state index in [0.717, 1.165) is 17.7 Å². The average Bonchev–Trinajstić information content (AvgIpc) is 3.36. The molecule has 148 valence electrons. The summed E-state index contributed by atoms with van der Waals surface area (Å²) in [5, 5.41) is 2.35. The summed E-state index contributed by atoms with van der Waals surface area (Å²) >= 11 is 0. The summed E-state index contributed by atoms with van der Waals surface area (Å²) in [5.74, 6) is -0.0164. The molecule has 3 amide bonds. The second kappa shape index (κ2) is 6.67. The van der Waals surface area contributed by atoms with Crippen molar-refractivity contribution in [2.45, 2.75) is 63.3 Å². The Morgan fingerprint density at radius 2 is 2.00 bits per heavy atom. The molecule has 7 heteroatoms. The van der Waals surface area contributed by atoms with Gasteiger partial charge in [-0.25, -0.2) is 0 Å². The SMILES string of the molecule is NC[C@@H]1[C@H]2CC[C@H](C2)N1Cc1ccc2c(c1)C(=O)N(C1CCC(=O)NC1=O)C2. The van der Waals surface area contributed by atoms with Gasteiger partial charge in [0.05, 0.1) is 0 Å². The van der Waals surface area contributed by atoms with Crippen LogP contribution >= 0.6 is 0 Å². The zero-order valence-electron chi connectivity index (χ0n) is 15.9. The smallest absolute Gasteiger partial charge is 0.255 e. The van der Waals surface area contributed by atoms with Gasteiger partial charge < -0.3 is 10.6 Å². The molecule has 0 spiro atoms. The summed E-state index contributed by atoms with van der Waals surface area (Å²) in [7, 11) is 0. The number of benzene rings is 1. The van der Waals surface area contributed by atoms with E-state index < -0.39 is 6.04 Å². The predicted molar refractivity (Wildman–Crippen MR) is 102 cm³/mol. The Balaban J connectivity index is 1.34. The highest BCUT2D eigenvalue weighted by Crippen LogP contribution is 2.43. The first-order valence-corrected chi connectivity index (χ1v) is 10.3. The van der Waals surface area contributed by atoms with Gasteiger partial charge in [0.1, 0.15) is 6.04 Å². The van der Waals surface area contributed by atoms with Crippen LogP contribution in [0.5, 0.6) is 0 Å². The van der Waals surface area contributed by atoms with E-state index in [0.29, 0.717) is 43.1 Å². The number of carbonyl (C=O) groups is 3. The number of hydrogen-bond donors (Lipinski definition) is 2. The monoisotopic (exact) mass is 382 g/mol. The maximum Gasteiger partial charge on any atom is 0.255 e. The van der Waals surface area contributed by atoms with Crippen LogP contribution < -0.4 is 11.1 Å². The van der Waals surface area contributed by atoms with E-state index in [1.54, 1.807) is 4.90 Å². The van der Waals surface area contributed by atoms with E-state index >= 15 is 0 Å². The normalized spacial score (nSPS) is 32.2. The van der Waals surface area contributed by atoms with Crippen molar-refractivity contribution in [1.29, 1.82) is 0 Å². The molecule has 3 fully saturated rings. The van der Waals surface area contributed by atoms with Gasteiger partial charge in [-0.3, -0.25) is 24.6 Å². The highest BCUT2D eigenvalue weighted by molar-refractivity contribution is 6.05. The number of imide groups is 1. The minimum Gasteiger partial charge on any atom is -0.329 e. The lowest BCUT2D eigenvalue weighted by molar-refractivity contribution is -0.136. The first-order valence-electron chi connectivity index (χ1n) is 10.3. The summed E-state index contributed by atoms with van der Waals surface area (Å²) in [6, 6.07) is 6.60. The highest BCUT2D eigenvalue weighted by Gasteiger charge is 2.45. The van der Waals surface area contributed by atoms with E-state index in [9.17, 15) is 14.4 Å². The standard InChI is InChI=1S/C21H26N4O3/c22-9-18-13-3-4-15(8-13)24(18)10-12-1-2-14-11-25(21(28)16(14)7-12)17-5-6-19(26)23-20(17)27/h1-2,7,13,15,17-18H,3-6,8-11,22H2,(H,23,26,27)/t13-,15+,17?,18+/m0/s1. The van der Waals surface area contributed by atoms with Crippen LogP contribution in [0.15, 0.2) is 18.2 Å². The molecule has 4 atom stereocenters. The van der Waals surface area contributed by atoms with Gasteiger partial charge in [-0.1, -0.05) is 12.1 Å². The molecular formula is C21H26N4O3. The van der Waals surface area contributed by atoms with Gasteiger partial charge in [-0.05, 0) is 48.8 Å². The Labute approximate surface area is 164 Å². The van der Waals surface area contributed by atoms with Gasteiger partial charge >= 0.3 is 0 Å². The van der Waals surface area contributed by atoms with Crippen molar-refractivity contribution >= 4 is 17.7 Å². The fourth-order valence-electron chi connectivity index (χ4n) is 5.67. The number of fused-ring (bicyclic) bond motifs is 3.